The first-order chi connectivity index (χ1) is 7.15. The predicted molar refractivity (Wildman–Crippen MR) is 47.7 cm³/mol. The molecule has 0 unspecified atom stereocenters. The lowest BCUT2D eigenvalue weighted by molar-refractivity contribution is 0.0693. The molecule has 0 amide bonds. The summed E-state index contributed by atoms with van der Waals surface area (Å²) >= 11 is 0. The third kappa shape index (κ3) is 1.26. The van der Waals surface area contributed by atoms with Crippen LogP contribution in [0.3, 0.4) is 0 Å². The average molecular weight is 209 g/mol. The van der Waals surface area contributed by atoms with E-state index in [4.69, 9.17) is 5.11 Å². The largest absolute Gasteiger partial charge is 0.476 e. The molecule has 8 nitrogen and oxygen atoms in total. The number of hydrogen-bond acceptors (Lipinski definition) is 5. The van der Waals surface area contributed by atoms with E-state index in [-0.39, 0.29) is 11.3 Å². The minimum Gasteiger partial charge on any atom is -0.476 e. The minimum atomic E-state index is -1.24. The SMILES string of the molecule is CCn1nnc2c(C(=O)O)ncn2c1=O. The monoisotopic (exact) mass is 209 g/mol. The van der Waals surface area contributed by atoms with Gasteiger partial charge in [0.25, 0.3) is 0 Å². The van der Waals surface area contributed by atoms with Gasteiger partial charge in [-0.05, 0) is 6.92 Å². The number of carboxylic acid groups (broad SMARTS) is 1. The van der Waals surface area contributed by atoms with Gasteiger partial charge < -0.3 is 5.11 Å². The highest BCUT2D eigenvalue weighted by Gasteiger charge is 2.15. The summed E-state index contributed by atoms with van der Waals surface area (Å²) in [5.74, 6) is -1.24. The highest BCUT2D eigenvalue weighted by atomic mass is 16.4. The number of aromatic nitrogens is 5. The number of carboxylic acids is 1. The van der Waals surface area contributed by atoms with Crippen molar-refractivity contribution >= 4 is 11.6 Å². The molecule has 0 fully saturated rings. The maximum Gasteiger partial charge on any atom is 0.358 e. The molecule has 2 heterocycles. The molecule has 0 aromatic carbocycles. The van der Waals surface area contributed by atoms with Crippen LogP contribution < -0.4 is 5.69 Å². The van der Waals surface area contributed by atoms with Gasteiger partial charge in [0.1, 0.15) is 6.33 Å². The predicted octanol–water partition coefficient (Wildman–Crippen LogP) is -0.996. The first-order valence-electron chi connectivity index (χ1n) is 4.19. The van der Waals surface area contributed by atoms with Crippen LogP contribution in [0.5, 0.6) is 0 Å². The summed E-state index contributed by atoms with van der Waals surface area (Å²) in [6.45, 7) is 2.10. The Morgan fingerprint density at radius 2 is 2.33 bits per heavy atom. The molecule has 0 bridgehead atoms. The van der Waals surface area contributed by atoms with Crippen molar-refractivity contribution in [2.24, 2.45) is 0 Å². The fourth-order valence-corrected chi connectivity index (χ4v) is 1.19. The Balaban J connectivity index is 2.82. The average Bonchev–Trinajstić information content (AvgIpc) is 2.62. The zero-order valence-corrected chi connectivity index (χ0v) is 7.78. The van der Waals surface area contributed by atoms with Gasteiger partial charge in [0, 0.05) is 6.54 Å². The van der Waals surface area contributed by atoms with Gasteiger partial charge in [0.2, 0.25) is 0 Å². The van der Waals surface area contributed by atoms with Crippen molar-refractivity contribution < 1.29 is 9.90 Å². The molecular weight excluding hydrogens is 202 g/mol. The summed E-state index contributed by atoms with van der Waals surface area (Å²) in [6, 6.07) is 0. The number of carbonyl (C=O) groups is 1. The van der Waals surface area contributed by atoms with Crippen LogP contribution in [0.15, 0.2) is 11.1 Å². The van der Waals surface area contributed by atoms with Crippen LogP contribution in [-0.4, -0.2) is 35.5 Å². The lowest BCUT2D eigenvalue weighted by Gasteiger charge is -1.98. The Morgan fingerprint density at radius 3 is 2.93 bits per heavy atom. The van der Waals surface area contributed by atoms with E-state index in [1.54, 1.807) is 6.92 Å². The normalized spacial score (nSPS) is 10.7. The van der Waals surface area contributed by atoms with Gasteiger partial charge in [0.15, 0.2) is 11.3 Å². The zero-order chi connectivity index (χ0) is 11.0. The summed E-state index contributed by atoms with van der Waals surface area (Å²) in [4.78, 5) is 25.9. The van der Waals surface area contributed by atoms with Crippen LogP contribution in [0.1, 0.15) is 17.4 Å². The third-order valence-electron chi connectivity index (χ3n) is 1.92. The van der Waals surface area contributed by atoms with Gasteiger partial charge in [0.05, 0.1) is 0 Å². The van der Waals surface area contributed by atoms with Crippen molar-refractivity contribution in [3.8, 4) is 0 Å². The molecule has 15 heavy (non-hydrogen) atoms. The Bertz CT molecular complexity index is 584. The Hall–Kier alpha value is -2.25. The van der Waals surface area contributed by atoms with Crippen LogP contribution in [0.4, 0.5) is 0 Å². The van der Waals surface area contributed by atoms with Gasteiger partial charge >= 0.3 is 11.7 Å². The lowest BCUT2D eigenvalue weighted by atomic mass is 10.5. The van der Waals surface area contributed by atoms with Gasteiger partial charge in [-0.15, -0.1) is 5.10 Å². The molecule has 0 aliphatic carbocycles. The van der Waals surface area contributed by atoms with E-state index in [1.165, 1.54) is 0 Å². The molecule has 0 spiro atoms. The van der Waals surface area contributed by atoms with Crippen LogP contribution in [0, 0.1) is 0 Å². The second-order valence-electron chi connectivity index (χ2n) is 2.78. The number of rotatable bonds is 2. The number of nitrogens with zero attached hydrogens (tertiary/aromatic N) is 5. The van der Waals surface area contributed by atoms with E-state index in [9.17, 15) is 9.59 Å². The van der Waals surface area contributed by atoms with Crippen molar-refractivity contribution in [1.82, 2.24) is 24.4 Å². The van der Waals surface area contributed by atoms with E-state index < -0.39 is 11.7 Å². The minimum absolute atomic E-state index is 0.0443. The summed E-state index contributed by atoms with van der Waals surface area (Å²) in [7, 11) is 0. The molecule has 2 aromatic heterocycles. The lowest BCUT2D eigenvalue weighted by Crippen LogP contribution is -2.29. The van der Waals surface area contributed by atoms with Crippen LogP contribution >= 0.6 is 0 Å². The molecular formula is C7H7N5O3. The van der Waals surface area contributed by atoms with Crippen molar-refractivity contribution in [3.63, 3.8) is 0 Å². The van der Waals surface area contributed by atoms with E-state index in [1.807, 2.05) is 0 Å². The number of aromatic carboxylic acids is 1. The Kier molecular flexibility index (Phi) is 1.96. The van der Waals surface area contributed by atoms with Crippen molar-refractivity contribution in [1.29, 1.82) is 0 Å². The second kappa shape index (κ2) is 3.15. The molecule has 0 aliphatic heterocycles. The van der Waals surface area contributed by atoms with E-state index in [0.717, 1.165) is 15.4 Å². The summed E-state index contributed by atoms with van der Waals surface area (Å²) in [6.07, 6.45) is 1.13. The molecule has 78 valence electrons. The van der Waals surface area contributed by atoms with Gasteiger partial charge in [-0.3, -0.25) is 0 Å². The number of aryl methyl sites for hydroxylation is 1. The Morgan fingerprint density at radius 1 is 1.60 bits per heavy atom. The van der Waals surface area contributed by atoms with E-state index >= 15 is 0 Å². The molecule has 0 aliphatic rings. The summed E-state index contributed by atoms with van der Waals surface area (Å²) in [5, 5.41) is 15.9. The summed E-state index contributed by atoms with van der Waals surface area (Å²) in [5.41, 5.74) is -0.775. The standard InChI is InChI=1S/C7H7N5O3/c1-2-12-7(15)11-3-8-4(6(13)14)5(11)9-10-12/h3H,2H2,1H3,(H,13,14). The van der Waals surface area contributed by atoms with Crippen LogP contribution in [0.25, 0.3) is 5.65 Å². The van der Waals surface area contributed by atoms with Crippen molar-refractivity contribution in [3.05, 3.63) is 22.5 Å². The van der Waals surface area contributed by atoms with Gasteiger partial charge in [-0.2, -0.15) is 4.68 Å². The molecule has 2 aromatic rings. The molecule has 0 saturated heterocycles. The topological polar surface area (TPSA) is 102 Å². The Labute approximate surface area is 82.8 Å². The molecule has 1 N–H and O–H groups in total. The van der Waals surface area contributed by atoms with Crippen molar-refractivity contribution in [2.75, 3.05) is 0 Å². The molecule has 0 atom stereocenters. The molecule has 2 rings (SSSR count). The number of imidazole rings is 1. The van der Waals surface area contributed by atoms with Crippen molar-refractivity contribution in [2.45, 2.75) is 13.5 Å². The quantitative estimate of drug-likeness (QED) is 0.680. The van der Waals surface area contributed by atoms with E-state index in [0.29, 0.717) is 6.54 Å². The smallest absolute Gasteiger partial charge is 0.358 e. The first-order valence-corrected chi connectivity index (χ1v) is 4.19. The molecule has 8 heteroatoms. The zero-order valence-electron chi connectivity index (χ0n) is 7.78. The van der Waals surface area contributed by atoms with Gasteiger partial charge in [-0.1, -0.05) is 5.21 Å². The molecule has 0 saturated carbocycles. The van der Waals surface area contributed by atoms with Crippen LogP contribution in [-0.2, 0) is 6.54 Å². The van der Waals surface area contributed by atoms with Crippen LogP contribution in [0.2, 0.25) is 0 Å². The first kappa shape index (κ1) is 9.31. The second-order valence-corrected chi connectivity index (χ2v) is 2.78. The number of hydrogen-bond donors (Lipinski definition) is 1. The number of fused-ring (bicyclic) bond motifs is 1. The fourth-order valence-electron chi connectivity index (χ4n) is 1.19. The third-order valence-corrected chi connectivity index (χ3v) is 1.92. The van der Waals surface area contributed by atoms with Gasteiger partial charge in [-0.25, -0.2) is 19.0 Å². The van der Waals surface area contributed by atoms with E-state index in [2.05, 4.69) is 15.3 Å². The highest BCUT2D eigenvalue weighted by molar-refractivity contribution is 5.91. The summed E-state index contributed by atoms with van der Waals surface area (Å²) < 4.78 is 2.17. The highest BCUT2D eigenvalue weighted by Crippen LogP contribution is 2.01. The molecule has 0 radical (unpaired) electrons. The maximum absolute atomic E-state index is 11.6. The fraction of sp³-hybridized carbons (Fsp3) is 0.286. The maximum atomic E-state index is 11.6.